The monoisotopic (exact) mass is 330 g/mol. The molecule has 0 bridgehead atoms. The van der Waals surface area contributed by atoms with Crippen molar-refractivity contribution in [2.75, 3.05) is 33.4 Å². The highest BCUT2D eigenvalue weighted by molar-refractivity contribution is 5.94. The summed E-state index contributed by atoms with van der Waals surface area (Å²) in [5.74, 6) is -0.584. The molecule has 6 heteroatoms. The Labute approximate surface area is 137 Å². The molecule has 1 aromatic carbocycles. The van der Waals surface area contributed by atoms with Gasteiger partial charge in [0, 0.05) is 24.6 Å². The van der Waals surface area contributed by atoms with Crippen LogP contribution < -0.4 is 10.6 Å². The first-order valence-electron chi connectivity index (χ1n) is 7.30. The maximum absolute atomic E-state index is 13.5. The van der Waals surface area contributed by atoms with Crippen LogP contribution in [0.3, 0.4) is 0 Å². The molecule has 1 fully saturated rings. The van der Waals surface area contributed by atoms with Gasteiger partial charge in [0.2, 0.25) is 0 Å². The van der Waals surface area contributed by atoms with Crippen LogP contribution in [0.2, 0.25) is 0 Å². The van der Waals surface area contributed by atoms with Crippen molar-refractivity contribution in [2.24, 2.45) is 5.41 Å². The van der Waals surface area contributed by atoms with E-state index < -0.39 is 0 Å². The largest absolute Gasteiger partial charge is 0.384 e. The van der Waals surface area contributed by atoms with Crippen LogP contribution in [0.25, 0.3) is 0 Å². The first-order chi connectivity index (χ1) is 10.1. The van der Waals surface area contributed by atoms with Crippen molar-refractivity contribution in [1.29, 1.82) is 0 Å². The topological polar surface area (TPSA) is 50.4 Å². The van der Waals surface area contributed by atoms with E-state index in [0.717, 1.165) is 25.9 Å². The normalized spacial score (nSPS) is 16.7. The molecule has 0 atom stereocenters. The molecule has 0 radical (unpaired) electrons. The van der Waals surface area contributed by atoms with Gasteiger partial charge in [0.1, 0.15) is 5.82 Å². The maximum Gasteiger partial charge on any atom is 0.251 e. The van der Waals surface area contributed by atoms with Crippen LogP contribution in [-0.4, -0.2) is 39.3 Å². The number of methoxy groups -OCH3 is 1. The minimum Gasteiger partial charge on any atom is -0.384 e. The molecule has 1 heterocycles. The van der Waals surface area contributed by atoms with Crippen molar-refractivity contribution in [2.45, 2.75) is 19.8 Å². The highest BCUT2D eigenvalue weighted by Gasteiger charge is 2.32. The summed E-state index contributed by atoms with van der Waals surface area (Å²) in [4.78, 5) is 12.2. The van der Waals surface area contributed by atoms with Gasteiger partial charge in [-0.25, -0.2) is 4.39 Å². The Morgan fingerprint density at radius 1 is 1.41 bits per heavy atom. The van der Waals surface area contributed by atoms with Gasteiger partial charge in [0.05, 0.1) is 6.61 Å². The molecule has 0 aliphatic carbocycles. The molecule has 4 nitrogen and oxygen atoms in total. The molecular weight excluding hydrogens is 307 g/mol. The third kappa shape index (κ3) is 4.66. The smallest absolute Gasteiger partial charge is 0.251 e. The van der Waals surface area contributed by atoms with Crippen molar-refractivity contribution in [3.63, 3.8) is 0 Å². The van der Waals surface area contributed by atoms with Crippen LogP contribution in [0.4, 0.5) is 4.39 Å². The lowest BCUT2D eigenvalue weighted by Crippen LogP contribution is -2.47. The summed E-state index contributed by atoms with van der Waals surface area (Å²) in [6, 6.07) is 4.56. The molecule has 1 aliphatic heterocycles. The van der Waals surface area contributed by atoms with E-state index in [1.54, 1.807) is 26.2 Å². The third-order valence-corrected chi connectivity index (χ3v) is 4.17. The Hall–Kier alpha value is -1.17. The van der Waals surface area contributed by atoms with Gasteiger partial charge < -0.3 is 15.4 Å². The SMILES string of the molecule is COCC1(CNC(=O)c2ccc(C)c(F)c2)CCNCC1.Cl. The Morgan fingerprint density at radius 2 is 2.09 bits per heavy atom. The van der Waals surface area contributed by atoms with Crippen molar-refractivity contribution < 1.29 is 13.9 Å². The summed E-state index contributed by atoms with van der Waals surface area (Å²) in [6.07, 6.45) is 1.92. The Morgan fingerprint density at radius 3 is 2.68 bits per heavy atom. The van der Waals surface area contributed by atoms with Crippen LogP contribution in [0.1, 0.15) is 28.8 Å². The number of halogens is 2. The zero-order chi connectivity index (χ0) is 15.3. The molecule has 0 saturated carbocycles. The zero-order valence-corrected chi connectivity index (χ0v) is 13.9. The number of piperidine rings is 1. The van der Waals surface area contributed by atoms with Gasteiger partial charge in [-0.1, -0.05) is 6.07 Å². The van der Waals surface area contributed by atoms with Crippen LogP contribution in [0, 0.1) is 18.2 Å². The van der Waals surface area contributed by atoms with Crippen molar-refractivity contribution >= 4 is 18.3 Å². The van der Waals surface area contributed by atoms with Crippen molar-refractivity contribution in [1.82, 2.24) is 10.6 Å². The minimum absolute atomic E-state index is 0. The molecule has 1 aliphatic rings. The van der Waals surface area contributed by atoms with E-state index in [9.17, 15) is 9.18 Å². The molecule has 2 rings (SSSR count). The lowest BCUT2D eigenvalue weighted by molar-refractivity contribution is 0.0511. The molecule has 1 saturated heterocycles. The molecule has 1 aromatic rings. The lowest BCUT2D eigenvalue weighted by atomic mass is 9.79. The molecule has 124 valence electrons. The number of rotatable bonds is 5. The predicted octanol–water partition coefficient (Wildman–Crippen LogP) is 2.30. The van der Waals surface area contributed by atoms with Gasteiger partial charge in [-0.15, -0.1) is 12.4 Å². The summed E-state index contributed by atoms with van der Waals surface area (Å²) in [5.41, 5.74) is 0.874. The van der Waals surface area contributed by atoms with E-state index in [0.29, 0.717) is 24.3 Å². The number of carbonyl (C=O) groups excluding carboxylic acids is 1. The molecule has 1 amide bonds. The van der Waals surface area contributed by atoms with E-state index in [1.165, 1.54) is 6.07 Å². The Bertz CT molecular complexity index is 499. The summed E-state index contributed by atoms with van der Waals surface area (Å²) >= 11 is 0. The fourth-order valence-electron chi connectivity index (χ4n) is 2.74. The highest BCUT2D eigenvalue weighted by Crippen LogP contribution is 2.28. The first kappa shape index (κ1) is 18.9. The minimum atomic E-state index is -0.351. The van der Waals surface area contributed by atoms with Gasteiger partial charge in [-0.05, 0) is 50.6 Å². The summed E-state index contributed by atoms with van der Waals surface area (Å²) in [7, 11) is 1.68. The van der Waals surface area contributed by atoms with Gasteiger partial charge >= 0.3 is 0 Å². The average molecular weight is 331 g/mol. The number of hydrogen-bond donors (Lipinski definition) is 2. The summed E-state index contributed by atoms with van der Waals surface area (Å²) in [5, 5.41) is 6.24. The quantitative estimate of drug-likeness (QED) is 0.871. The molecule has 22 heavy (non-hydrogen) atoms. The second-order valence-corrected chi connectivity index (χ2v) is 5.83. The number of aryl methyl sites for hydroxylation is 1. The second kappa shape index (κ2) is 8.46. The van der Waals surface area contributed by atoms with Crippen molar-refractivity contribution in [3.05, 3.63) is 35.1 Å². The number of ether oxygens (including phenoxy) is 1. The molecule has 0 unspecified atom stereocenters. The second-order valence-electron chi connectivity index (χ2n) is 5.83. The van der Waals surface area contributed by atoms with Gasteiger partial charge in [-0.2, -0.15) is 0 Å². The van der Waals surface area contributed by atoms with Crippen molar-refractivity contribution in [3.8, 4) is 0 Å². The molecule has 0 aromatic heterocycles. The number of hydrogen-bond acceptors (Lipinski definition) is 3. The average Bonchev–Trinajstić information content (AvgIpc) is 2.49. The van der Waals surface area contributed by atoms with E-state index in [-0.39, 0.29) is 29.5 Å². The maximum atomic E-state index is 13.5. The van der Waals surface area contributed by atoms with Crippen LogP contribution in [0.5, 0.6) is 0 Å². The standard InChI is InChI=1S/C16H23FN2O2.ClH/c1-12-3-4-13(9-14(12)17)15(20)19-10-16(11-21-2)5-7-18-8-6-16;/h3-4,9,18H,5-8,10-11H2,1-2H3,(H,19,20);1H. The molecular formula is C16H24ClFN2O2. The third-order valence-electron chi connectivity index (χ3n) is 4.17. The fourth-order valence-corrected chi connectivity index (χ4v) is 2.74. The molecule has 2 N–H and O–H groups in total. The highest BCUT2D eigenvalue weighted by atomic mass is 35.5. The summed E-state index contributed by atoms with van der Waals surface area (Å²) < 4.78 is 18.8. The van der Waals surface area contributed by atoms with Crippen LogP contribution in [-0.2, 0) is 4.74 Å². The Kier molecular flexibility index (Phi) is 7.26. The van der Waals surface area contributed by atoms with Gasteiger partial charge in [0.15, 0.2) is 0 Å². The molecule has 0 spiro atoms. The van der Waals surface area contributed by atoms with E-state index in [4.69, 9.17) is 4.74 Å². The zero-order valence-electron chi connectivity index (χ0n) is 13.1. The lowest BCUT2D eigenvalue weighted by Gasteiger charge is -2.37. The predicted molar refractivity (Wildman–Crippen MR) is 87.1 cm³/mol. The van der Waals surface area contributed by atoms with E-state index in [1.807, 2.05) is 0 Å². The van der Waals surface area contributed by atoms with Crippen LogP contribution in [0.15, 0.2) is 18.2 Å². The number of benzene rings is 1. The van der Waals surface area contributed by atoms with E-state index in [2.05, 4.69) is 10.6 Å². The number of amides is 1. The van der Waals surface area contributed by atoms with Gasteiger partial charge in [0.25, 0.3) is 5.91 Å². The van der Waals surface area contributed by atoms with Gasteiger partial charge in [-0.3, -0.25) is 4.79 Å². The number of carbonyl (C=O) groups is 1. The first-order valence-corrected chi connectivity index (χ1v) is 7.30. The number of nitrogens with one attached hydrogen (secondary N) is 2. The van der Waals surface area contributed by atoms with Crippen LogP contribution >= 0.6 is 12.4 Å². The Balaban J connectivity index is 0.00000242. The summed E-state index contributed by atoms with van der Waals surface area (Å²) in [6.45, 7) is 4.71. The fraction of sp³-hybridized carbons (Fsp3) is 0.562. The van der Waals surface area contributed by atoms with E-state index >= 15 is 0 Å².